The number of hydrogen-bond donors (Lipinski definition) is 2. The molecular formula is C13H13F2N3O2. The van der Waals surface area contributed by atoms with Crippen molar-refractivity contribution < 1.29 is 18.4 Å². The molecule has 0 bridgehead atoms. The number of benzene rings is 1. The molecule has 2 rings (SSSR count). The monoisotopic (exact) mass is 281 g/mol. The van der Waals surface area contributed by atoms with Crippen molar-refractivity contribution in [3.8, 4) is 0 Å². The molecule has 1 heterocycles. The van der Waals surface area contributed by atoms with Crippen LogP contribution in [0.25, 0.3) is 0 Å². The minimum atomic E-state index is -0.725. The maximum atomic E-state index is 13.6. The summed E-state index contributed by atoms with van der Waals surface area (Å²) in [5.74, 6) is -2.14. The summed E-state index contributed by atoms with van der Waals surface area (Å²) >= 11 is 0. The number of amides is 2. The molecular weight excluding hydrogens is 268 g/mol. The fourth-order valence-electron chi connectivity index (χ4n) is 1.85. The smallest absolute Gasteiger partial charge is 0.267 e. The molecule has 1 aliphatic rings. The highest BCUT2D eigenvalue weighted by molar-refractivity contribution is 6.39. The quantitative estimate of drug-likeness (QED) is 0.879. The van der Waals surface area contributed by atoms with Gasteiger partial charge in [-0.1, -0.05) is 6.07 Å². The van der Waals surface area contributed by atoms with E-state index in [4.69, 9.17) is 0 Å². The number of carbonyl (C=O) groups excluding carboxylic acids is 2. The first-order valence-electron chi connectivity index (χ1n) is 6.08. The lowest BCUT2D eigenvalue weighted by atomic mass is 10.1. The largest absolute Gasteiger partial charge is 0.344 e. The summed E-state index contributed by atoms with van der Waals surface area (Å²) in [6.45, 7) is 1.58. The summed E-state index contributed by atoms with van der Waals surface area (Å²) in [6.07, 6.45) is 0.418. The maximum absolute atomic E-state index is 13.6. The molecule has 20 heavy (non-hydrogen) atoms. The molecule has 0 saturated carbocycles. The van der Waals surface area contributed by atoms with Crippen LogP contribution in [0.1, 0.15) is 31.4 Å². The Balaban J connectivity index is 2.05. The molecule has 1 unspecified atom stereocenters. The molecule has 2 N–H and O–H groups in total. The van der Waals surface area contributed by atoms with Crippen molar-refractivity contribution >= 4 is 17.5 Å². The van der Waals surface area contributed by atoms with Crippen LogP contribution in [0, 0.1) is 11.6 Å². The second-order valence-electron chi connectivity index (χ2n) is 4.45. The number of rotatable bonds is 3. The van der Waals surface area contributed by atoms with Gasteiger partial charge in [-0.2, -0.15) is 5.10 Å². The molecule has 0 saturated heterocycles. The molecule has 1 aliphatic heterocycles. The molecule has 1 aromatic rings. The van der Waals surface area contributed by atoms with Crippen LogP contribution in [0.5, 0.6) is 0 Å². The second kappa shape index (κ2) is 5.77. The number of halogens is 2. The van der Waals surface area contributed by atoms with Crippen LogP contribution < -0.4 is 10.7 Å². The molecule has 0 aromatic heterocycles. The van der Waals surface area contributed by atoms with Gasteiger partial charge in [0.1, 0.15) is 17.3 Å². The van der Waals surface area contributed by atoms with Crippen molar-refractivity contribution in [2.24, 2.45) is 5.10 Å². The van der Waals surface area contributed by atoms with Crippen molar-refractivity contribution in [3.63, 3.8) is 0 Å². The van der Waals surface area contributed by atoms with Gasteiger partial charge in [-0.3, -0.25) is 9.59 Å². The summed E-state index contributed by atoms with van der Waals surface area (Å²) in [7, 11) is 0. The molecule has 106 valence electrons. The van der Waals surface area contributed by atoms with Crippen LogP contribution in [-0.2, 0) is 9.59 Å². The van der Waals surface area contributed by atoms with Gasteiger partial charge < -0.3 is 5.32 Å². The highest BCUT2D eigenvalue weighted by Gasteiger charge is 2.21. The van der Waals surface area contributed by atoms with Crippen LogP contribution in [0.15, 0.2) is 23.3 Å². The summed E-state index contributed by atoms with van der Waals surface area (Å²) < 4.78 is 26.4. The third-order valence-corrected chi connectivity index (χ3v) is 2.94. The lowest BCUT2D eigenvalue weighted by Gasteiger charge is -2.17. The van der Waals surface area contributed by atoms with Gasteiger partial charge in [0.15, 0.2) is 0 Å². The lowest BCUT2D eigenvalue weighted by molar-refractivity contribution is -0.121. The molecule has 5 nitrogen and oxygen atoms in total. The Morgan fingerprint density at radius 1 is 1.40 bits per heavy atom. The van der Waals surface area contributed by atoms with E-state index in [0.29, 0.717) is 0 Å². The van der Waals surface area contributed by atoms with E-state index in [2.05, 4.69) is 15.8 Å². The fraction of sp³-hybridized carbons (Fsp3) is 0.308. The standard InChI is InChI=1S/C13H13F2N3O2/c1-7(9-3-2-8(14)6-10(9)15)16-13(20)11-4-5-12(19)18-17-11/h2-3,6-7H,4-5H2,1H3,(H,16,20)(H,18,19). The second-order valence-corrected chi connectivity index (χ2v) is 4.45. The van der Waals surface area contributed by atoms with E-state index >= 15 is 0 Å². The van der Waals surface area contributed by atoms with Crippen molar-refractivity contribution in [2.75, 3.05) is 0 Å². The molecule has 7 heteroatoms. The number of hydrogen-bond acceptors (Lipinski definition) is 3. The zero-order valence-electron chi connectivity index (χ0n) is 10.7. The van der Waals surface area contributed by atoms with Crippen molar-refractivity contribution in [2.45, 2.75) is 25.8 Å². The Morgan fingerprint density at radius 2 is 2.15 bits per heavy atom. The molecule has 0 radical (unpaired) electrons. The average Bonchev–Trinajstić information content (AvgIpc) is 2.39. The van der Waals surface area contributed by atoms with Gasteiger partial charge in [-0.15, -0.1) is 0 Å². The molecule has 0 spiro atoms. The van der Waals surface area contributed by atoms with Gasteiger partial charge in [-0.25, -0.2) is 14.2 Å². The SMILES string of the molecule is CC(NC(=O)C1=NNC(=O)CC1)c1ccc(F)cc1F. The van der Waals surface area contributed by atoms with Crippen molar-refractivity contribution in [1.82, 2.24) is 10.7 Å². The first kappa shape index (κ1) is 14.1. The van der Waals surface area contributed by atoms with Crippen LogP contribution in [0.3, 0.4) is 0 Å². The van der Waals surface area contributed by atoms with Gasteiger partial charge >= 0.3 is 0 Å². The number of carbonyl (C=O) groups is 2. The Bertz CT molecular complexity index is 587. The Hall–Kier alpha value is -2.31. The molecule has 1 atom stereocenters. The first-order chi connectivity index (χ1) is 9.47. The van der Waals surface area contributed by atoms with E-state index in [1.807, 2.05) is 0 Å². The summed E-state index contributed by atoms with van der Waals surface area (Å²) in [5.41, 5.74) is 2.57. The number of hydrazone groups is 1. The van der Waals surface area contributed by atoms with Crippen molar-refractivity contribution in [3.05, 3.63) is 35.4 Å². The molecule has 1 aromatic carbocycles. The Labute approximate surface area is 114 Å². The molecule has 0 fully saturated rings. The predicted molar refractivity (Wildman–Crippen MR) is 67.7 cm³/mol. The average molecular weight is 281 g/mol. The number of nitrogens with one attached hydrogen (secondary N) is 2. The fourth-order valence-corrected chi connectivity index (χ4v) is 1.85. The van der Waals surface area contributed by atoms with Crippen molar-refractivity contribution in [1.29, 1.82) is 0 Å². The van der Waals surface area contributed by atoms with Crippen LogP contribution >= 0.6 is 0 Å². The molecule has 0 aliphatic carbocycles. The van der Waals surface area contributed by atoms with E-state index in [1.165, 1.54) is 6.07 Å². The summed E-state index contributed by atoms with van der Waals surface area (Å²) in [5, 5.41) is 6.20. The summed E-state index contributed by atoms with van der Waals surface area (Å²) in [4.78, 5) is 22.8. The van der Waals surface area contributed by atoms with Crippen LogP contribution in [-0.4, -0.2) is 17.5 Å². The van der Waals surface area contributed by atoms with Gasteiger partial charge in [0, 0.05) is 24.5 Å². The minimum Gasteiger partial charge on any atom is -0.344 e. The first-order valence-corrected chi connectivity index (χ1v) is 6.08. The Kier molecular flexibility index (Phi) is 4.07. The van der Waals surface area contributed by atoms with E-state index < -0.39 is 23.6 Å². The highest BCUT2D eigenvalue weighted by Crippen LogP contribution is 2.17. The minimum absolute atomic E-state index is 0.180. The Morgan fingerprint density at radius 3 is 2.75 bits per heavy atom. The van der Waals surface area contributed by atoms with E-state index in [1.54, 1.807) is 6.92 Å². The topological polar surface area (TPSA) is 70.6 Å². The van der Waals surface area contributed by atoms with Crippen LogP contribution in [0.2, 0.25) is 0 Å². The van der Waals surface area contributed by atoms with Crippen LogP contribution in [0.4, 0.5) is 8.78 Å². The van der Waals surface area contributed by atoms with Gasteiger partial charge in [0.05, 0.1) is 6.04 Å². The lowest BCUT2D eigenvalue weighted by Crippen LogP contribution is -2.38. The van der Waals surface area contributed by atoms with E-state index in [0.717, 1.165) is 12.1 Å². The third kappa shape index (κ3) is 3.17. The normalized spacial score (nSPS) is 16.1. The molecule has 2 amide bonds. The zero-order chi connectivity index (χ0) is 14.7. The zero-order valence-corrected chi connectivity index (χ0v) is 10.7. The third-order valence-electron chi connectivity index (χ3n) is 2.94. The van der Waals surface area contributed by atoms with E-state index in [-0.39, 0.29) is 30.0 Å². The number of nitrogens with zero attached hydrogens (tertiary/aromatic N) is 1. The van der Waals surface area contributed by atoms with Gasteiger partial charge in [0.2, 0.25) is 5.91 Å². The predicted octanol–water partition coefficient (Wildman–Crippen LogP) is 1.41. The summed E-state index contributed by atoms with van der Waals surface area (Å²) in [6, 6.07) is 2.53. The van der Waals surface area contributed by atoms with Gasteiger partial charge in [0.25, 0.3) is 5.91 Å². The maximum Gasteiger partial charge on any atom is 0.267 e. The van der Waals surface area contributed by atoms with Gasteiger partial charge in [-0.05, 0) is 13.0 Å². The van der Waals surface area contributed by atoms with E-state index in [9.17, 15) is 18.4 Å². The highest BCUT2D eigenvalue weighted by atomic mass is 19.1.